The summed E-state index contributed by atoms with van der Waals surface area (Å²) in [5.41, 5.74) is 3.62. The molecule has 1 heterocycles. The Bertz CT molecular complexity index is 940. The molecule has 160 valence electrons. The number of halogens is 2. The summed E-state index contributed by atoms with van der Waals surface area (Å²) in [6, 6.07) is 4.18. The lowest BCUT2D eigenvalue weighted by molar-refractivity contribution is 0.119. The Morgan fingerprint density at radius 2 is 1.93 bits per heavy atom. The molecule has 2 fully saturated rings. The third-order valence-corrected chi connectivity index (χ3v) is 5.59. The van der Waals surface area contributed by atoms with Crippen molar-refractivity contribution >= 4 is 17.1 Å². The third-order valence-electron chi connectivity index (χ3n) is 5.59. The molecule has 0 bridgehead atoms. The van der Waals surface area contributed by atoms with E-state index in [0.717, 1.165) is 18.9 Å². The number of nitrogens with zero attached hydrogens (tertiary/aromatic N) is 2. The van der Waals surface area contributed by atoms with Crippen LogP contribution in [0.15, 0.2) is 24.0 Å². The van der Waals surface area contributed by atoms with Crippen molar-refractivity contribution in [1.82, 2.24) is 10.2 Å². The Kier molecular flexibility index (Phi) is 5.70. The minimum Gasteiger partial charge on any atom is -0.484 e. The second-order valence-electron chi connectivity index (χ2n) is 8.05. The van der Waals surface area contributed by atoms with Crippen molar-refractivity contribution in [2.45, 2.75) is 43.9 Å². The molecule has 30 heavy (non-hydrogen) atoms. The van der Waals surface area contributed by atoms with E-state index in [0.29, 0.717) is 18.9 Å². The minimum atomic E-state index is -1.83. The number of likely N-dealkylation sites (tertiary alicyclic amines) is 1. The minimum absolute atomic E-state index is 0.0152. The van der Waals surface area contributed by atoms with Gasteiger partial charge in [-0.15, -0.1) is 0 Å². The van der Waals surface area contributed by atoms with Crippen LogP contribution in [0.2, 0.25) is 0 Å². The van der Waals surface area contributed by atoms with Crippen molar-refractivity contribution in [2.24, 2.45) is 0 Å². The van der Waals surface area contributed by atoms with Gasteiger partial charge in [-0.3, -0.25) is 10.8 Å². The molecule has 1 aromatic carbocycles. The first kappa shape index (κ1) is 21.6. The molecule has 3 rings (SSSR count). The molecule has 0 radical (unpaired) electrons. The van der Waals surface area contributed by atoms with E-state index in [9.17, 15) is 8.78 Å². The molecule has 0 aromatic heterocycles. The maximum atomic E-state index is 14.2. The Morgan fingerprint density at radius 3 is 2.47 bits per heavy atom. The van der Waals surface area contributed by atoms with Gasteiger partial charge < -0.3 is 20.7 Å². The predicted molar refractivity (Wildman–Crippen MR) is 111 cm³/mol. The fourth-order valence-electron chi connectivity index (χ4n) is 3.30. The number of nitrogens with two attached hydrogens (primary N) is 1. The zero-order chi connectivity index (χ0) is 22.1. The molecule has 1 aliphatic heterocycles. The van der Waals surface area contributed by atoms with E-state index in [4.69, 9.17) is 26.6 Å². The van der Waals surface area contributed by atoms with E-state index < -0.39 is 17.1 Å². The van der Waals surface area contributed by atoms with Crippen LogP contribution in [0.4, 0.5) is 14.5 Å². The number of hydrogen-bond donors (Lipinski definition) is 4. The number of alkyl halides is 1. The molecule has 0 spiro atoms. The monoisotopic (exact) mass is 416 g/mol. The Morgan fingerprint density at radius 1 is 1.30 bits per heavy atom. The molecule has 1 saturated heterocycles. The Labute approximate surface area is 174 Å². The van der Waals surface area contributed by atoms with Crippen LogP contribution in [0.5, 0.6) is 5.75 Å². The van der Waals surface area contributed by atoms with Gasteiger partial charge in [-0.1, -0.05) is 0 Å². The van der Waals surface area contributed by atoms with E-state index in [2.05, 4.69) is 5.32 Å². The number of piperidine rings is 1. The second-order valence-corrected chi connectivity index (χ2v) is 8.05. The van der Waals surface area contributed by atoms with Crippen LogP contribution in [-0.4, -0.2) is 47.7 Å². The summed E-state index contributed by atoms with van der Waals surface area (Å²) >= 11 is 0. The fraction of sp³-hybridized carbons (Fsp3) is 0.476. The largest absolute Gasteiger partial charge is 0.484 e. The summed E-state index contributed by atoms with van der Waals surface area (Å²) in [4.78, 5) is 1.83. The zero-order valence-corrected chi connectivity index (χ0v) is 17.1. The number of hydrogen-bond acceptors (Lipinski definition) is 7. The highest BCUT2D eigenvalue weighted by Gasteiger charge is 2.41. The number of benzene rings is 1. The number of nitriles is 1. The highest BCUT2D eigenvalue weighted by atomic mass is 19.1. The second kappa shape index (κ2) is 7.94. The molecule has 9 heteroatoms. The molecule has 1 aromatic rings. The number of nitrogens with one attached hydrogen (secondary N) is 3. The summed E-state index contributed by atoms with van der Waals surface area (Å²) in [5, 5.41) is 28.6. The van der Waals surface area contributed by atoms with E-state index in [1.807, 2.05) is 11.8 Å². The number of rotatable bonds is 7. The van der Waals surface area contributed by atoms with Gasteiger partial charge >= 0.3 is 0 Å². The predicted octanol–water partition coefficient (Wildman–Crippen LogP) is 3.12. The first-order chi connectivity index (χ1) is 14.1. The van der Waals surface area contributed by atoms with Crippen LogP contribution in [-0.2, 0) is 0 Å². The lowest BCUT2D eigenvalue weighted by atomic mass is 9.95. The Balaban J connectivity index is 1.78. The first-order valence-electron chi connectivity index (χ1n) is 9.80. The van der Waals surface area contributed by atoms with E-state index in [-0.39, 0.29) is 41.3 Å². The summed E-state index contributed by atoms with van der Waals surface area (Å²) in [6.45, 7) is 2.51. The van der Waals surface area contributed by atoms with Crippen molar-refractivity contribution in [3.05, 3.63) is 35.4 Å². The van der Waals surface area contributed by atoms with Gasteiger partial charge in [0, 0.05) is 56.4 Å². The quantitative estimate of drug-likeness (QED) is 0.402. The molecule has 0 atom stereocenters. The molecular weight excluding hydrogens is 390 g/mol. The highest BCUT2D eigenvalue weighted by Crippen LogP contribution is 2.41. The van der Waals surface area contributed by atoms with Gasteiger partial charge in [-0.25, -0.2) is 8.78 Å². The van der Waals surface area contributed by atoms with Crippen LogP contribution < -0.4 is 15.8 Å². The smallest absolute Gasteiger partial charge is 0.199 e. The van der Waals surface area contributed by atoms with Crippen molar-refractivity contribution < 1.29 is 13.5 Å². The van der Waals surface area contributed by atoms with Crippen LogP contribution >= 0.6 is 0 Å². The Hall–Kier alpha value is -3.15. The van der Waals surface area contributed by atoms with Gasteiger partial charge in [0.2, 0.25) is 0 Å². The van der Waals surface area contributed by atoms with Crippen molar-refractivity contribution in [2.75, 3.05) is 25.9 Å². The van der Waals surface area contributed by atoms with E-state index in [1.54, 1.807) is 13.1 Å². The van der Waals surface area contributed by atoms with Crippen LogP contribution in [0, 0.1) is 28.0 Å². The normalized spacial score (nSPS) is 19.6. The van der Waals surface area contributed by atoms with Gasteiger partial charge in [0.25, 0.3) is 0 Å². The van der Waals surface area contributed by atoms with E-state index >= 15 is 0 Å². The molecule has 7 nitrogen and oxygen atoms in total. The lowest BCUT2D eigenvalue weighted by Crippen LogP contribution is -2.43. The van der Waals surface area contributed by atoms with Crippen LogP contribution in [0.25, 0.3) is 0 Å². The van der Waals surface area contributed by atoms with E-state index in [1.165, 1.54) is 12.1 Å². The number of nitrogen functional groups attached to an aromatic ring is 1. The molecule has 1 aliphatic carbocycles. The lowest BCUT2D eigenvalue weighted by Gasteiger charge is -2.35. The molecule has 5 N–H and O–H groups in total. The SMILES string of the molecule is CN/C(=C\C(=N)C(=N)c1cc(OC2(C)CC2)c(F)cc1N)N1CCC(F)(C#N)CC1. The van der Waals surface area contributed by atoms with Gasteiger partial charge in [-0.2, -0.15) is 5.26 Å². The van der Waals surface area contributed by atoms with Crippen molar-refractivity contribution in [3.63, 3.8) is 0 Å². The maximum Gasteiger partial charge on any atom is 0.199 e. The summed E-state index contributed by atoms with van der Waals surface area (Å²) < 4.78 is 34.1. The summed E-state index contributed by atoms with van der Waals surface area (Å²) in [6.07, 6.45) is 3.24. The summed E-state index contributed by atoms with van der Waals surface area (Å²) in [7, 11) is 1.67. The fourth-order valence-corrected chi connectivity index (χ4v) is 3.30. The molecule has 1 saturated carbocycles. The topological polar surface area (TPSA) is 122 Å². The summed E-state index contributed by atoms with van der Waals surface area (Å²) in [5.74, 6) is -0.0514. The standard InChI is InChI=1S/C21H26F2N6O/c1-20(3-4-20)30-17-9-13(15(25)10-14(17)22)19(27)16(26)11-18(28-2)29-7-5-21(23,12-24)6-8-29/h9-11,26-28H,3-8,25H2,1-2H3/b18-11+,26-16?,27-19?. The maximum absolute atomic E-state index is 14.2. The molecule has 0 amide bonds. The molecular formula is C21H26F2N6O. The third kappa shape index (κ3) is 4.53. The van der Waals surface area contributed by atoms with Gasteiger partial charge in [0.1, 0.15) is 17.5 Å². The average Bonchev–Trinajstić information content (AvgIpc) is 3.45. The van der Waals surface area contributed by atoms with Crippen molar-refractivity contribution in [1.29, 1.82) is 16.1 Å². The first-order valence-corrected chi connectivity index (χ1v) is 9.80. The highest BCUT2D eigenvalue weighted by molar-refractivity contribution is 6.50. The molecule has 0 unspecified atom stereocenters. The van der Waals surface area contributed by atoms with Crippen molar-refractivity contribution in [3.8, 4) is 11.8 Å². The number of ether oxygens (including phenoxy) is 1. The van der Waals surface area contributed by atoms with Crippen LogP contribution in [0.3, 0.4) is 0 Å². The number of allylic oxidation sites excluding steroid dienone is 1. The zero-order valence-electron chi connectivity index (χ0n) is 17.1. The van der Waals surface area contributed by atoms with Gasteiger partial charge in [0.05, 0.1) is 11.4 Å². The number of anilines is 1. The van der Waals surface area contributed by atoms with Crippen LogP contribution in [0.1, 0.15) is 38.2 Å². The van der Waals surface area contributed by atoms with Gasteiger partial charge in [0.15, 0.2) is 17.2 Å². The average molecular weight is 416 g/mol. The van der Waals surface area contributed by atoms with Gasteiger partial charge in [-0.05, 0) is 25.8 Å². The molecule has 2 aliphatic rings.